The zero-order chi connectivity index (χ0) is 13.8. The molecule has 0 aliphatic rings. The van der Waals surface area contributed by atoms with E-state index in [-0.39, 0.29) is 11.7 Å². The lowest BCUT2D eigenvalue weighted by Crippen LogP contribution is -2.23. The molecule has 2 nitrogen and oxygen atoms in total. The summed E-state index contributed by atoms with van der Waals surface area (Å²) in [5.41, 5.74) is 2.38. The Hall–Kier alpha value is -1.68. The van der Waals surface area contributed by atoms with Crippen LogP contribution < -0.4 is 5.32 Å². The van der Waals surface area contributed by atoms with Crippen molar-refractivity contribution in [3.63, 3.8) is 0 Å². The summed E-state index contributed by atoms with van der Waals surface area (Å²) >= 11 is 3.36. The summed E-state index contributed by atoms with van der Waals surface area (Å²) < 4.78 is 13.8. The van der Waals surface area contributed by atoms with Crippen molar-refractivity contribution >= 4 is 21.8 Å². The average Bonchev–Trinajstić information content (AvgIpc) is 2.36. The minimum Gasteiger partial charge on any atom is -0.348 e. The summed E-state index contributed by atoms with van der Waals surface area (Å²) in [5.74, 6) is -0.487. The number of halogens is 2. The molecule has 1 N–H and O–H groups in total. The van der Waals surface area contributed by atoms with Crippen LogP contribution in [0.25, 0.3) is 0 Å². The van der Waals surface area contributed by atoms with Gasteiger partial charge in [-0.15, -0.1) is 0 Å². The van der Waals surface area contributed by atoms with E-state index >= 15 is 0 Å². The van der Waals surface area contributed by atoms with Gasteiger partial charge in [0.1, 0.15) is 5.82 Å². The van der Waals surface area contributed by atoms with Crippen LogP contribution in [-0.4, -0.2) is 5.91 Å². The van der Waals surface area contributed by atoms with Crippen LogP contribution in [0.4, 0.5) is 4.39 Å². The third kappa shape index (κ3) is 3.64. The molecule has 0 radical (unpaired) electrons. The second-order valence-corrected chi connectivity index (χ2v) is 5.15. The van der Waals surface area contributed by atoms with Crippen molar-refractivity contribution in [2.45, 2.75) is 13.5 Å². The number of rotatable bonds is 3. The molecule has 2 aromatic rings. The Morgan fingerprint density at radius 1 is 1.26 bits per heavy atom. The summed E-state index contributed by atoms with van der Waals surface area (Å²) in [7, 11) is 0. The van der Waals surface area contributed by atoms with Gasteiger partial charge in [0.15, 0.2) is 0 Å². The molecule has 0 aromatic heterocycles. The van der Waals surface area contributed by atoms with Gasteiger partial charge in [-0.25, -0.2) is 4.39 Å². The zero-order valence-corrected chi connectivity index (χ0v) is 12.0. The number of amides is 1. The van der Waals surface area contributed by atoms with Gasteiger partial charge in [0, 0.05) is 11.0 Å². The third-order valence-corrected chi connectivity index (χ3v) is 3.37. The predicted octanol–water partition coefficient (Wildman–Crippen LogP) is 3.83. The van der Waals surface area contributed by atoms with Crippen LogP contribution in [-0.2, 0) is 6.54 Å². The van der Waals surface area contributed by atoms with Crippen LogP contribution >= 0.6 is 15.9 Å². The summed E-state index contributed by atoms with van der Waals surface area (Å²) in [6, 6.07) is 11.7. The van der Waals surface area contributed by atoms with Gasteiger partial charge in [0.05, 0.1) is 5.56 Å². The van der Waals surface area contributed by atoms with E-state index < -0.39 is 0 Å². The Balaban J connectivity index is 2.05. The summed E-state index contributed by atoms with van der Waals surface area (Å²) in [4.78, 5) is 12.0. The average molecular weight is 322 g/mol. The minimum atomic E-state index is -0.303. The first-order valence-electron chi connectivity index (χ1n) is 5.85. The fourth-order valence-corrected chi connectivity index (χ4v) is 2.40. The van der Waals surface area contributed by atoms with E-state index in [0.717, 1.165) is 15.6 Å². The van der Waals surface area contributed by atoms with Crippen molar-refractivity contribution in [2.75, 3.05) is 0 Å². The van der Waals surface area contributed by atoms with E-state index in [1.165, 1.54) is 12.1 Å². The number of carbonyl (C=O) groups excluding carboxylic acids is 1. The SMILES string of the molecule is Cc1ccc(C(=O)NCc2cccc(F)c2)c(Br)c1. The van der Waals surface area contributed by atoms with E-state index in [0.29, 0.717) is 12.1 Å². The number of hydrogen-bond acceptors (Lipinski definition) is 1. The molecular formula is C15H13BrFNO. The van der Waals surface area contributed by atoms with Crippen LogP contribution in [0.15, 0.2) is 46.9 Å². The van der Waals surface area contributed by atoms with Gasteiger partial charge < -0.3 is 5.32 Å². The standard InChI is InChI=1S/C15H13BrFNO/c1-10-5-6-13(14(16)7-10)15(19)18-9-11-3-2-4-12(17)8-11/h2-8H,9H2,1H3,(H,18,19). The maximum absolute atomic E-state index is 13.0. The highest BCUT2D eigenvalue weighted by Gasteiger charge is 2.09. The van der Waals surface area contributed by atoms with Crippen molar-refractivity contribution in [1.29, 1.82) is 0 Å². The van der Waals surface area contributed by atoms with Gasteiger partial charge in [0.25, 0.3) is 5.91 Å². The van der Waals surface area contributed by atoms with E-state index in [2.05, 4.69) is 21.2 Å². The highest BCUT2D eigenvalue weighted by atomic mass is 79.9. The number of hydrogen-bond donors (Lipinski definition) is 1. The van der Waals surface area contributed by atoms with Gasteiger partial charge in [-0.2, -0.15) is 0 Å². The summed E-state index contributed by atoms with van der Waals surface area (Å²) in [6.45, 7) is 2.26. The summed E-state index contributed by atoms with van der Waals surface area (Å²) in [5, 5.41) is 2.77. The fourth-order valence-electron chi connectivity index (χ4n) is 1.73. The molecular weight excluding hydrogens is 309 g/mol. The second-order valence-electron chi connectivity index (χ2n) is 4.30. The molecule has 0 unspecified atom stereocenters. The smallest absolute Gasteiger partial charge is 0.252 e. The Morgan fingerprint density at radius 3 is 2.74 bits per heavy atom. The van der Waals surface area contributed by atoms with E-state index in [4.69, 9.17) is 0 Å². The second kappa shape index (κ2) is 5.97. The lowest BCUT2D eigenvalue weighted by Gasteiger charge is -2.07. The van der Waals surface area contributed by atoms with Crippen LogP contribution in [0.1, 0.15) is 21.5 Å². The molecule has 19 heavy (non-hydrogen) atoms. The Morgan fingerprint density at radius 2 is 2.05 bits per heavy atom. The monoisotopic (exact) mass is 321 g/mol. The number of aryl methyl sites for hydroxylation is 1. The van der Waals surface area contributed by atoms with Crippen molar-refractivity contribution in [3.8, 4) is 0 Å². The van der Waals surface area contributed by atoms with E-state index in [9.17, 15) is 9.18 Å². The molecule has 0 aliphatic carbocycles. The number of nitrogens with one attached hydrogen (secondary N) is 1. The van der Waals surface area contributed by atoms with Crippen molar-refractivity contribution in [3.05, 3.63) is 69.4 Å². The van der Waals surface area contributed by atoms with Crippen molar-refractivity contribution in [2.24, 2.45) is 0 Å². The molecule has 2 aromatic carbocycles. The topological polar surface area (TPSA) is 29.1 Å². The number of carbonyl (C=O) groups is 1. The Kier molecular flexibility index (Phi) is 4.32. The predicted molar refractivity (Wildman–Crippen MR) is 76.4 cm³/mol. The number of benzene rings is 2. The highest BCUT2D eigenvalue weighted by molar-refractivity contribution is 9.10. The van der Waals surface area contributed by atoms with Crippen LogP contribution in [0.2, 0.25) is 0 Å². The molecule has 0 heterocycles. The maximum atomic E-state index is 13.0. The molecule has 0 spiro atoms. The molecule has 2 rings (SSSR count). The highest BCUT2D eigenvalue weighted by Crippen LogP contribution is 2.18. The Bertz CT molecular complexity index is 613. The first kappa shape index (κ1) is 13.7. The molecule has 0 atom stereocenters. The van der Waals surface area contributed by atoms with Gasteiger partial charge in [-0.3, -0.25) is 4.79 Å². The normalized spacial score (nSPS) is 10.3. The molecule has 0 saturated heterocycles. The lowest BCUT2D eigenvalue weighted by molar-refractivity contribution is 0.0950. The summed E-state index contributed by atoms with van der Waals surface area (Å²) in [6.07, 6.45) is 0. The molecule has 0 saturated carbocycles. The van der Waals surface area contributed by atoms with E-state index in [1.807, 2.05) is 19.1 Å². The Labute approximate surface area is 119 Å². The van der Waals surface area contributed by atoms with E-state index in [1.54, 1.807) is 18.2 Å². The molecule has 4 heteroatoms. The minimum absolute atomic E-state index is 0.184. The fraction of sp³-hybridized carbons (Fsp3) is 0.133. The quantitative estimate of drug-likeness (QED) is 0.914. The largest absolute Gasteiger partial charge is 0.348 e. The van der Waals surface area contributed by atoms with Crippen molar-refractivity contribution < 1.29 is 9.18 Å². The molecule has 98 valence electrons. The molecule has 0 bridgehead atoms. The van der Waals surface area contributed by atoms with Crippen molar-refractivity contribution in [1.82, 2.24) is 5.32 Å². The van der Waals surface area contributed by atoms with Gasteiger partial charge in [-0.05, 0) is 58.2 Å². The van der Waals surface area contributed by atoms with Crippen LogP contribution in [0.5, 0.6) is 0 Å². The maximum Gasteiger partial charge on any atom is 0.252 e. The lowest BCUT2D eigenvalue weighted by atomic mass is 10.1. The first-order valence-corrected chi connectivity index (χ1v) is 6.64. The van der Waals surface area contributed by atoms with Gasteiger partial charge in [0.2, 0.25) is 0 Å². The molecule has 0 aliphatic heterocycles. The van der Waals surface area contributed by atoms with Gasteiger partial charge in [-0.1, -0.05) is 18.2 Å². The van der Waals surface area contributed by atoms with Gasteiger partial charge >= 0.3 is 0 Å². The first-order chi connectivity index (χ1) is 9.06. The molecule has 1 amide bonds. The van der Waals surface area contributed by atoms with Crippen LogP contribution in [0, 0.1) is 12.7 Å². The molecule has 0 fully saturated rings. The zero-order valence-electron chi connectivity index (χ0n) is 10.4. The van der Waals surface area contributed by atoms with Crippen LogP contribution in [0.3, 0.4) is 0 Å². The third-order valence-electron chi connectivity index (χ3n) is 2.71.